The molecule has 0 atom stereocenters. The van der Waals surface area contributed by atoms with Crippen molar-refractivity contribution in [2.75, 3.05) is 26.2 Å². The van der Waals surface area contributed by atoms with Crippen LogP contribution in [0.5, 0.6) is 0 Å². The quantitative estimate of drug-likeness (QED) is 0.558. The maximum Gasteiger partial charge on any atom is 0.269 e. The third-order valence-electron chi connectivity index (χ3n) is 4.02. The lowest BCUT2D eigenvalue weighted by atomic mass is 10.1. The van der Waals surface area contributed by atoms with E-state index in [2.05, 4.69) is 13.8 Å². The number of benzene rings is 1. The van der Waals surface area contributed by atoms with E-state index < -0.39 is 0 Å². The predicted octanol–water partition coefficient (Wildman–Crippen LogP) is -0.713. The van der Waals surface area contributed by atoms with Crippen LogP contribution in [0.1, 0.15) is 19.4 Å². The standard InChI is InChI=1S/C14H21N3O2/c1-12(2)16-9-7-15(8-10-16)11-13-3-5-14(6-4-13)17(18)19/h3-6,12H,7-11H2,1-2H3/p+2. The van der Waals surface area contributed by atoms with Gasteiger partial charge in [-0.2, -0.15) is 0 Å². The number of quaternary nitrogens is 2. The number of hydrogen-bond donors (Lipinski definition) is 2. The number of rotatable bonds is 4. The van der Waals surface area contributed by atoms with Gasteiger partial charge in [-0.05, 0) is 26.0 Å². The first-order chi connectivity index (χ1) is 9.06. The molecule has 5 nitrogen and oxygen atoms in total. The molecule has 0 radical (unpaired) electrons. The van der Waals surface area contributed by atoms with Crippen molar-refractivity contribution < 1.29 is 14.7 Å². The molecule has 0 aliphatic carbocycles. The number of nitrogens with one attached hydrogen (secondary N) is 2. The van der Waals surface area contributed by atoms with Gasteiger partial charge in [0.1, 0.15) is 32.7 Å². The molecule has 1 aliphatic heterocycles. The molecule has 0 unspecified atom stereocenters. The highest BCUT2D eigenvalue weighted by Crippen LogP contribution is 2.10. The van der Waals surface area contributed by atoms with Crippen LogP contribution in [0.25, 0.3) is 0 Å². The van der Waals surface area contributed by atoms with E-state index in [1.807, 2.05) is 12.1 Å². The van der Waals surface area contributed by atoms with Crippen LogP contribution in [0.2, 0.25) is 0 Å². The van der Waals surface area contributed by atoms with Crippen molar-refractivity contribution in [3.05, 3.63) is 39.9 Å². The van der Waals surface area contributed by atoms with Gasteiger partial charge in [-0.25, -0.2) is 0 Å². The Bertz CT molecular complexity index is 423. The first-order valence-corrected chi connectivity index (χ1v) is 6.97. The van der Waals surface area contributed by atoms with Crippen molar-refractivity contribution >= 4 is 5.69 Å². The summed E-state index contributed by atoms with van der Waals surface area (Å²) >= 11 is 0. The molecule has 0 spiro atoms. The average Bonchev–Trinajstić information content (AvgIpc) is 2.40. The van der Waals surface area contributed by atoms with Gasteiger partial charge in [-0.15, -0.1) is 0 Å². The second-order valence-corrected chi connectivity index (χ2v) is 5.66. The molecule has 2 N–H and O–H groups in total. The molecule has 0 bridgehead atoms. The Morgan fingerprint density at radius 3 is 2.21 bits per heavy atom. The molecule has 2 rings (SSSR count). The van der Waals surface area contributed by atoms with Gasteiger partial charge < -0.3 is 9.80 Å². The van der Waals surface area contributed by atoms with E-state index >= 15 is 0 Å². The molecular weight excluding hydrogens is 242 g/mol. The maximum absolute atomic E-state index is 10.6. The number of hydrogen-bond acceptors (Lipinski definition) is 2. The van der Waals surface area contributed by atoms with Crippen LogP contribution in [-0.2, 0) is 6.54 Å². The van der Waals surface area contributed by atoms with Crippen LogP contribution in [0, 0.1) is 10.1 Å². The largest absolute Gasteiger partial charge is 0.324 e. The summed E-state index contributed by atoms with van der Waals surface area (Å²) in [6.45, 7) is 10.3. The second kappa shape index (κ2) is 6.12. The molecule has 0 amide bonds. The highest BCUT2D eigenvalue weighted by Gasteiger charge is 2.24. The molecular formula is C14H23N3O2+2. The third kappa shape index (κ3) is 3.75. The van der Waals surface area contributed by atoms with E-state index in [-0.39, 0.29) is 10.6 Å². The molecule has 5 heteroatoms. The SMILES string of the molecule is CC(C)[NH+]1CC[NH+](Cc2ccc([N+](=O)[O-])cc2)CC1. The number of nitro benzene ring substituents is 1. The molecule has 1 fully saturated rings. The maximum atomic E-state index is 10.6. The van der Waals surface area contributed by atoms with Gasteiger partial charge in [0, 0.05) is 17.7 Å². The first kappa shape index (κ1) is 14.0. The van der Waals surface area contributed by atoms with E-state index in [0.717, 1.165) is 6.54 Å². The highest BCUT2D eigenvalue weighted by atomic mass is 16.6. The third-order valence-corrected chi connectivity index (χ3v) is 4.02. The van der Waals surface area contributed by atoms with Crippen molar-refractivity contribution in [1.82, 2.24) is 0 Å². The minimum absolute atomic E-state index is 0.174. The van der Waals surface area contributed by atoms with Crippen molar-refractivity contribution in [1.29, 1.82) is 0 Å². The number of non-ortho nitro benzene ring substituents is 1. The number of nitrogens with zero attached hydrogens (tertiary/aromatic N) is 1. The van der Waals surface area contributed by atoms with E-state index in [1.165, 1.54) is 31.7 Å². The van der Waals surface area contributed by atoms with Gasteiger partial charge in [0.25, 0.3) is 5.69 Å². The summed E-state index contributed by atoms with van der Waals surface area (Å²) < 4.78 is 0. The Hall–Kier alpha value is -1.46. The van der Waals surface area contributed by atoms with Gasteiger partial charge in [0.05, 0.1) is 11.0 Å². The molecule has 1 aliphatic rings. The Kier molecular flexibility index (Phi) is 4.50. The average molecular weight is 265 g/mol. The molecule has 1 aromatic carbocycles. The Balaban J connectivity index is 1.87. The van der Waals surface area contributed by atoms with Crippen LogP contribution in [0.15, 0.2) is 24.3 Å². The smallest absolute Gasteiger partial charge is 0.269 e. The summed E-state index contributed by atoms with van der Waals surface area (Å²) in [5, 5.41) is 10.6. The molecule has 0 aromatic heterocycles. The summed E-state index contributed by atoms with van der Waals surface area (Å²) in [7, 11) is 0. The van der Waals surface area contributed by atoms with Crippen molar-refractivity contribution in [3.8, 4) is 0 Å². The summed E-state index contributed by atoms with van der Waals surface area (Å²) in [5.74, 6) is 0. The van der Waals surface area contributed by atoms with Crippen LogP contribution in [0.3, 0.4) is 0 Å². The summed E-state index contributed by atoms with van der Waals surface area (Å²) in [5.41, 5.74) is 1.36. The fraction of sp³-hybridized carbons (Fsp3) is 0.571. The molecule has 1 heterocycles. The van der Waals surface area contributed by atoms with Crippen LogP contribution < -0.4 is 9.80 Å². The predicted molar refractivity (Wildman–Crippen MR) is 73.3 cm³/mol. The van der Waals surface area contributed by atoms with Crippen molar-refractivity contribution in [2.45, 2.75) is 26.4 Å². The fourth-order valence-corrected chi connectivity index (χ4v) is 2.70. The topological polar surface area (TPSA) is 52.0 Å². The Labute approximate surface area is 114 Å². The van der Waals surface area contributed by atoms with Gasteiger partial charge in [0.15, 0.2) is 0 Å². The van der Waals surface area contributed by atoms with E-state index in [9.17, 15) is 10.1 Å². The Morgan fingerprint density at radius 2 is 1.74 bits per heavy atom. The molecule has 19 heavy (non-hydrogen) atoms. The highest BCUT2D eigenvalue weighted by molar-refractivity contribution is 5.32. The van der Waals surface area contributed by atoms with Gasteiger partial charge in [0.2, 0.25) is 0 Å². The van der Waals surface area contributed by atoms with Crippen LogP contribution >= 0.6 is 0 Å². The zero-order valence-corrected chi connectivity index (χ0v) is 11.7. The van der Waals surface area contributed by atoms with E-state index in [1.54, 1.807) is 21.9 Å². The molecule has 0 saturated carbocycles. The van der Waals surface area contributed by atoms with E-state index in [4.69, 9.17) is 0 Å². The van der Waals surface area contributed by atoms with Gasteiger partial charge in [-0.1, -0.05) is 0 Å². The minimum atomic E-state index is -0.346. The lowest BCUT2D eigenvalue weighted by Gasteiger charge is -2.31. The Morgan fingerprint density at radius 1 is 1.16 bits per heavy atom. The van der Waals surface area contributed by atoms with Crippen molar-refractivity contribution in [3.63, 3.8) is 0 Å². The number of piperazine rings is 1. The lowest BCUT2D eigenvalue weighted by Crippen LogP contribution is -3.28. The monoisotopic (exact) mass is 265 g/mol. The van der Waals surface area contributed by atoms with Crippen LogP contribution in [-0.4, -0.2) is 37.1 Å². The normalized spacial score (nSPS) is 23.5. The fourth-order valence-electron chi connectivity index (χ4n) is 2.70. The van der Waals surface area contributed by atoms with Gasteiger partial charge >= 0.3 is 0 Å². The molecule has 1 aromatic rings. The number of nitro groups is 1. The molecule has 1 saturated heterocycles. The minimum Gasteiger partial charge on any atom is -0.324 e. The first-order valence-electron chi connectivity index (χ1n) is 6.97. The van der Waals surface area contributed by atoms with Crippen molar-refractivity contribution in [2.24, 2.45) is 0 Å². The van der Waals surface area contributed by atoms with Crippen LogP contribution in [0.4, 0.5) is 5.69 Å². The van der Waals surface area contributed by atoms with Gasteiger partial charge in [-0.3, -0.25) is 10.1 Å². The molecule has 104 valence electrons. The zero-order chi connectivity index (χ0) is 13.8. The summed E-state index contributed by atoms with van der Waals surface area (Å²) in [6.07, 6.45) is 0. The summed E-state index contributed by atoms with van der Waals surface area (Å²) in [4.78, 5) is 13.5. The van der Waals surface area contributed by atoms with E-state index in [0.29, 0.717) is 6.04 Å². The zero-order valence-electron chi connectivity index (χ0n) is 11.7. The lowest BCUT2D eigenvalue weighted by molar-refractivity contribution is -1.03. The second-order valence-electron chi connectivity index (χ2n) is 5.66. The summed E-state index contributed by atoms with van der Waals surface area (Å²) in [6, 6.07) is 7.68.